The summed E-state index contributed by atoms with van der Waals surface area (Å²) in [5.74, 6) is -0.629. The second-order valence-corrected chi connectivity index (χ2v) is 18.6. The lowest BCUT2D eigenvalue weighted by atomic mass is 9.77. The topological polar surface area (TPSA) is 199 Å². The summed E-state index contributed by atoms with van der Waals surface area (Å²) in [5.41, 5.74) is 3.83. The first-order valence-electron chi connectivity index (χ1n) is 19.0. The van der Waals surface area contributed by atoms with Crippen molar-refractivity contribution in [1.82, 2.24) is 0 Å². The van der Waals surface area contributed by atoms with E-state index in [0.717, 1.165) is 28.3 Å². The minimum atomic E-state index is -4.56. The lowest BCUT2D eigenvalue weighted by Crippen LogP contribution is -2.31. The number of carbonyl (C=O) groups is 1. The zero-order valence-electron chi connectivity index (χ0n) is 33.2. The summed E-state index contributed by atoms with van der Waals surface area (Å²) < 4.78 is 97.6. The lowest BCUT2D eigenvalue weighted by Gasteiger charge is -2.30. The molecule has 2 aliphatic rings. The number of unbranched alkanes of at least 4 members (excludes halogenated alkanes) is 2. The van der Waals surface area contributed by atoms with Crippen molar-refractivity contribution in [3.8, 4) is 5.75 Å². The molecule has 2 aliphatic heterocycles. The van der Waals surface area contributed by atoms with E-state index < -0.39 is 58.5 Å². The lowest BCUT2D eigenvalue weighted by molar-refractivity contribution is -0.137. The van der Waals surface area contributed by atoms with Gasteiger partial charge in [0.25, 0.3) is 20.2 Å². The summed E-state index contributed by atoms with van der Waals surface area (Å²) >= 11 is -0.755. The van der Waals surface area contributed by atoms with Gasteiger partial charge in [0, 0.05) is 78.4 Å². The molecule has 4 rings (SSSR count). The van der Waals surface area contributed by atoms with E-state index in [-0.39, 0.29) is 24.2 Å². The Bertz CT molecular complexity index is 2020. The molecular weight excluding hydrogens is 907 g/mol. The van der Waals surface area contributed by atoms with Crippen LogP contribution in [0.3, 0.4) is 0 Å². The van der Waals surface area contributed by atoms with Crippen LogP contribution < -0.4 is 12.9 Å². The van der Waals surface area contributed by atoms with Crippen LogP contribution in [-0.4, -0.2) is 120 Å². The molecule has 322 valence electrons. The summed E-state index contributed by atoms with van der Waals surface area (Å²) in [6.45, 7) is 6.60. The Morgan fingerprint density at radius 1 is 0.914 bits per heavy atom. The summed E-state index contributed by atoms with van der Waals surface area (Å²) in [6, 6.07) is 10.4. The molecule has 2 heterocycles. The van der Waals surface area contributed by atoms with E-state index in [4.69, 9.17) is 27.1 Å². The maximum atomic E-state index is 12.3. The van der Waals surface area contributed by atoms with Gasteiger partial charge in [-0.15, -0.1) is 0 Å². The van der Waals surface area contributed by atoms with Gasteiger partial charge in [0.15, 0.2) is 0 Å². The number of methoxy groups -OCH3 is 2. The molecular formula is C40H55IN2O13S2. The SMILES string of the molecule is COCCOCCN(CCOCCOC)c1ccc2c(c1)OI=CC=C2/C=C/C=C1/N(CCCCCC(=O)O)c2ccc(S(=O)(=O)O)cc2C1(C)CCCS(=O)(=O)O. The monoisotopic (exact) mass is 962 g/mol. The minimum Gasteiger partial charge on any atom is -0.481 e. The maximum Gasteiger partial charge on any atom is 0.303 e. The van der Waals surface area contributed by atoms with Crippen molar-refractivity contribution in [2.75, 3.05) is 89.0 Å². The number of anilines is 2. The first kappa shape index (κ1) is 47.5. The fourth-order valence-electron chi connectivity index (χ4n) is 6.89. The Morgan fingerprint density at radius 2 is 1.62 bits per heavy atom. The van der Waals surface area contributed by atoms with Crippen LogP contribution in [0.1, 0.15) is 56.6 Å². The molecule has 0 amide bonds. The molecule has 0 spiro atoms. The number of rotatable bonds is 26. The number of carboxylic acids is 1. The number of fused-ring (bicyclic) bond motifs is 2. The van der Waals surface area contributed by atoms with Gasteiger partial charge in [0.2, 0.25) is 0 Å². The van der Waals surface area contributed by atoms with Crippen LogP contribution >= 0.6 is 21.1 Å². The fourth-order valence-corrected chi connectivity index (χ4v) is 9.23. The molecule has 0 aromatic heterocycles. The molecule has 0 saturated heterocycles. The average Bonchev–Trinajstić information content (AvgIpc) is 3.25. The molecule has 2 aromatic carbocycles. The fraction of sp³-hybridized carbons (Fsp3) is 0.500. The van der Waals surface area contributed by atoms with E-state index in [9.17, 15) is 30.7 Å². The van der Waals surface area contributed by atoms with Crippen molar-refractivity contribution in [3.63, 3.8) is 0 Å². The standard InChI is InChI=1S/C40H55IN2O13S2/c1-40(17-8-28-57(46,47)48)35-30-33(58(49,50)51)13-15-36(35)43(19-6-4-5-11-39(44)45)38(40)10-7-9-31-16-18-41-56-37-29-32(12-14-34(31)37)42(20-22-54-26-24-52-2)21-23-55-27-25-53-3/h7,9-10,12-16,18,29-30H,4-6,8,11,17,19-28H2,1-3H3,(H,44,45)(H,46,47,48)(H,49,50,51)/b9-7+,38-10+. The van der Waals surface area contributed by atoms with E-state index in [2.05, 4.69) is 4.90 Å². The molecule has 2 aromatic rings. The highest BCUT2D eigenvalue weighted by Crippen LogP contribution is 2.51. The highest BCUT2D eigenvalue weighted by atomic mass is 127. The number of benzene rings is 2. The highest BCUT2D eigenvalue weighted by molar-refractivity contribution is 14.2. The Hall–Kier alpha value is -3.21. The number of carboxylic acid groups (broad SMARTS) is 1. The number of nitrogens with zero attached hydrogens (tertiary/aromatic N) is 2. The molecule has 0 radical (unpaired) electrons. The quantitative estimate of drug-likeness (QED) is 0.0558. The zero-order chi connectivity index (χ0) is 42.2. The smallest absolute Gasteiger partial charge is 0.303 e. The molecule has 0 aliphatic carbocycles. The Balaban J connectivity index is 1.68. The van der Waals surface area contributed by atoms with Crippen LogP contribution in [0.2, 0.25) is 0 Å². The van der Waals surface area contributed by atoms with Crippen molar-refractivity contribution in [2.45, 2.75) is 55.8 Å². The second kappa shape index (κ2) is 23.0. The largest absolute Gasteiger partial charge is 0.481 e. The minimum absolute atomic E-state index is 0.0405. The van der Waals surface area contributed by atoms with Crippen LogP contribution in [0.5, 0.6) is 5.75 Å². The summed E-state index contributed by atoms with van der Waals surface area (Å²) in [7, 11) is -5.57. The molecule has 0 fully saturated rings. The molecule has 3 N–H and O–H groups in total. The van der Waals surface area contributed by atoms with Crippen molar-refractivity contribution < 1.29 is 57.9 Å². The van der Waals surface area contributed by atoms with E-state index in [1.54, 1.807) is 20.3 Å². The zero-order valence-corrected chi connectivity index (χ0v) is 37.0. The number of hydrogen-bond acceptors (Lipinski definition) is 12. The van der Waals surface area contributed by atoms with Crippen molar-refractivity contribution in [1.29, 1.82) is 0 Å². The number of ether oxygens (including phenoxy) is 4. The van der Waals surface area contributed by atoms with Crippen molar-refractivity contribution in [2.24, 2.45) is 0 Å². The first-order chi connectivity index (χ1) is 27.7. The first-order valence-corrected chi connectivity index (χ1v) is 24.2. The summed E-state index contributed by atoms with van der Waals surface area (Å²) in [5, 5.41) is 9.14. The third kappa shape index (κ3) is 14.2. The molecule has 18 heteroatoms. The van der Waals surface area contributed by atoms with E-state index >= 15 is 0 Å². The average molecular weight is 963 g/mol. The molecule has 0 saturated carbocycles. The number of aliphatic carboxylic acids is 1. The highest BCUT2D eigenvalue weighted by Gasteiger charge is 2.43. The third-order valence-electron chi connectivity index (χ3n) is 9.83. The Labute approximate surface area is 352 Å². The van der Waals surface area contributed by atoms with E-state index in [1.165, 1.54) is 12.1 Å². The molecule has 58 heavy (non-hydrogen) atoms. The summed E-state index contributed by atoms with van der Waals surface area (Å²) in [4.78, 5) is 15.1. The van der Waals surface area contributed by atoms with E-state index in [1.807, 2.05) is 58.3 Å². The van der Waals surface area contributed by atoms with Crippen LogP contribution in [-0.2, 0) is 49.4 Å². The molecule has 15 nitrogen and oxygen atoms in total. The van der Waals surface area contributed by atoms with Crippen molar-refractivity contribution in [3.05, 3.63) is 77.5 Å². The number of allylic oxidation sites excluding steroid dienone is 6. The van der Waals surface area contributed by atoms with Gasteiger partial charge in [-0.05, 0) is 86.2 Å². The van der Waals surface area contributed by atoms with Gasteiger partial charge in [0.05, 0.1) is 50.3 Å². The van der Waals surface area contributed by atoms with Crippen molar-refractivity contribution >= 4 is 68.3 Å². The van der Waals surface area contributed by atoms with Gasteiger partial charge in [-0.2, -0.15) is 16.8 Å². The predicted molar refractivity (Wildman–Crippen MR) is 233 cm³/mol. The maximum absolute atomic E-state index is 12.3. The molecule has 0 bridgehead atoms. The summed E-state index contributed by atoms with van der Waals surface area (Å²) in [6.07, 6.45) is 9.89. The van der Waals surface area contributed by atoms with E-state index in [0.29, 0.717) is 89.8 Å². The van der Waals surface area contributed by atoms with Gasteiger partial charge < -0.3 is 36.9 Å². The predicted octanol–water partition coefficient (Wildman–Crippen LogP) is 6.06. The third-order valence-corrected chi connectivity index (χ3v) is 12.9. The van der Waals surface area contributed by atoms with Gasteiger partial charge in [0.1, 0.15) is 26.9 Å². The van der Waals surface area contributed by atoms with Gasteiger partial charge in [-0.25, -0.2) is 0 Å². The van der Waals surface area contributed by atoms with Crippen LogP contribution in [0, 0.1) is 0 Å². The van der Waals surface area contributed by atoms with Gasteiger partial charge >= 0.3 is 5.97 Å². The normalized spacial score (nSPS) is 17.4. The van der Waals surface area contributed by atoms with Crippen LogP contribution in [0.15, 0.2) is 71.3 Å². The van der Waals surface area contributed by atoms with Gasteiger partial charge in [-0.1, -0.05) is 18.6 Å². The molecule has 1 atom stereocenters. The Kier molecular flexibility index (Phi) is 18.8. The number of hydrogen-bond donors (Lipinski definition) is 3. The number of halogens is 1. The van der Waals surface area contributed by atoms with Gasteiger partial charge in [-0.3, -0.25) is 13.9 Å². The van der Waals surface area contributed by atoms with Crippen LogP contribution in [0.25, 0.3) is 5.57 Å². The Morgan fingerprint density at radius 3 is 2.26 bits per heavy atom. The second-order valence-electron chi connectivity index (χ2n) is 13.9. The molecule has 1 unspecified atom stereocenters. The van der Waals surface area contributed by atoms with Crippen LogP contribution in [0.4, 0.5) is 11.4 Å².